The van der Waals surface area contributed by atoms with Crippen LogP contribution in [0, 0.1) is 0 Å². The fourth-order valence-electron chi connectivity index (χ4n) is 7.20. The van der Waals surface area contributed by atoms with Crippen LogP contribution in [0.1, 0.15) is 194 Å². The van der Waals surface area contributed by atoms with Crippen LogP contribution in [-0.2, 0) is 14.3 Å². The molecule has 1 fully saturated rings. The van der Waals surface area contributed by atoms with Crippen molar-refractivity contribution in [3.8, 4) is 0 Å². The molecule has 1 heterocycles. The van der Waals surface area contributed by atoms with E-state index in [2.05, 4.69) is 19.2 Å². The molecule has 1 amide bonds. The lowest BCUT2D eigenvalue weighted by Crippen LogP contribution is -2.60. The van der Waals surface area contributed by atoms with Crippen LogP contribution in [0.4, 0.5) is 0 Å². The Bertz CT molecular complexity index is 836. The van der Waals surface area contributed by atoms with Crippen molar-refractivity contribution in [3.05, 3.63) is 0 Å². The summed E-state index contributed by atoms with van der Waals surface area (Å²) in [6, 6.07) is -1.16. The van der Waals surface area contributed by atoms with E-state index >= 15 is 0 Å². The van der Waals surface area contributed by atoms with E-state index in [1.54, 1.807) is 0 Å². The number of aliphatic hydroxyl groups excluding tert-OH is 7. The maximum Gasteiger partial charge on any atom is 0.249 e. The van der Waals surface area contributed by atoms with Crippen LogP contribution in [0.2, 0.25) is 0 Å². The molecule has 9 atom stereocenters. The first-order valence-corrected chi connectivity index (χ1v) is 21.9. The van der Waals surface area contributed by atoms with Crippen molar-refractivity contribution >= 4 is 5.91 Å². The van der Waals surface area contributed by atoms with E-state index in [9.17, 15) is 40.5 Å². The summed E-state index contributed by atoms with van der Waals surface area (Å²) in [6.07, 6.45) is 20.1. The summed E-state index contributed by atoms with van der Waals surface area (Å²) in [6.45, 7) is 3.41. The van der Waals surface area contributed by atoms with Crippen LogP contribution < -0.4 is 5.32 Å². The number of amides is 1. The summed E-state index contributed by atoms with van der Waals surface area (Å²) in [7, 11) is 0. The molecule has 1 saturated heterocycles. The average Bonchev–Trinajstić information content (AvgIpc) is 3.16. The van der Waals surface area contributed by atoms with Crippen molar-refractivity contribution in [3.63, 3.8) is 0 Å². The van der Waals surface area contributed by atoms with E-state index in [1.807, 2.05) is 0 Å². The molecule has 0 unspecified atom stereocenters. The van der Waals surface area contributed by atoms with Gasteiger partial charge in [-0.3, -0.25) is 4.79 Å². The topological polar surface area (TPSA) is 189 Å². The Labute approximate surface area is 322 Å². The largest absolute Gasteiger partial charge is 0.394 e. The molecule has 0 aromatic carbocycles. The van der Waals surface area contributed by atoms with Crippen molar-refractivity contribution in [1.82, 2.24) is 5.32 Å². The SMILES string of the molecule is CCCCCCCCCCCCCCCCCC[C@@H](O)C(=O)N[C@H](CO[C@@H]1O[C@H](CO)[C@@H](O)[C@H](O)[C@H]1O)[C@H](O)[C@H](O)CCCCCCCCCCCC. The molecular weight excluding hydrogens is 678 g/mol. The zero-order valence-electron chi connectivity index (χ0n) is 33.8. The van der Waals surface area contributed by atoms with Gasteiger partial charge in [0.25, 0.3) is 0 Å². The second-order valence-electron chi connectivity index (χ2n) is 15.8. The summed E-state index contributed by atoms with van der Waals surface area (Å²) in [5.74, 6) is -0.696. The molecule has 0 spiro atoms. The van der Waals surface area contributed by atoms with Gasteiger partial charge in [0.2, 0.25) is 5.91 Å². The third-order valence-corrected chi connectivity index (χ3v) is 10.9. The van der Waals surface area contributed by atoms with Crippen molar-refractivity contribution in [1.29, 1.82) is 0 Å². The highest BCUT2D eigenvalue weighted by molar-refractivity contribution is 5.80. The first-order valence-electron chi connectivity index (χ1n) is 21.9. The lowest BCUT2D eigenvalue weighted by atomic mass is 9.98. The van der Waals surface area contributed by atoms with E-state index in [0.29, 0.717) is 19.3 Å². The molecule has 0 radical (unpaired) electrons. The quantitative estimate of drug-likeness (QED) is 0.0335. The molecule has 1 aliphatic rings. The summed E-state index contributed by atoms with van der Waals surface area (Å²) >= 11 is 0. The van der Waals surface area contributed by atoms with Gasteiger partial charge < -0.3 is 50.5 Å². The average molecular weight is 762 g/mol. The van der Waals surface area contributed by atoms with Gasteiger partial charge in [0, 0.05) is 0 Å². The number of carbonyl (C=O) groups excluding carboxylic acids is 1. The number of nitrogens with one attached hydrogen (secondary N) is 1. The molecule has 11 nitrogen and oxygen atoms in total. The van der Waals surface area contributed by atoms with Gasteiger partial charge in [-0.2, -0.15) is 0 Å². The minimum absolute atomic E-state index is 0.266. The Morgan fingerprint density at radius 3 is 1.40 bits per heavy atom. The van der Waals surface area contributed by atoms with Crippen molar-refractivity contribution in [2.75, 3.05) is 13.2 Å². The zero-order valence-corrected chi connectivity index (χ0v) is 33.8. The fraction of sp³-hybridized carbons (Fsp3) is 0.976. The van der Waals surface area contributed by atoms with Crippen LogP contribution in [-0.4, -0.2) is 110 Å². The maximum atomic E-state index is 13.0. The first-order chi connectivity index (χ1) is 25.7. The van der Waals surface area contributed by atoms with Gasteiger partial charge in [-0.15, -0.1) is 0 Å². The van der Waals surface area contributed by atoms with Gasteiger partial charge in [-0.1, -0.05) is 181 Å². The number of ether oxygens (including phenoxy) is 2. The third kappa shape index (κ3) is 23.7. The summed E-state index contributed by atoms with van der Waals surface area (Å²) in [5.41, 5.74) is 0. The molecule has 0 bridgehead atoms. The fourth-order valence-corrected chi connectivity index (χ4v) is 7.20. The summed E-state index contributed by atoms with van der Waals surface area (Å²) < 4.78 is 11.1. The molecule has 53 heavy (non-hydrogen) atoms. The van der Waals surface area contributed by atoms with Crippen molar-refractivity contribution < 1.29 is 50.0 Å². The van der Waals surface area contributed by atoms with Gasteiger partial charge in [-0.05, 0) is 12.8 Å². The molecule has 0 aromatic rings. The van der Waals surface area contributed by atoms with Gasteiger partial charge in [0.1, 0.15) is 36.6 Å². The highest BCUT2D eigenvalue weighted by Crippen LogP contribution is 2.23. The highest BCUT2D eigenvalue weighted by atomic mass is 16.7. The third-order valence-electron chi connectivity index (χ3n) is 10.9. The van der Waals surface area contributed by atoms with Crippen molar-refractivity contribution in [2.45, 2.75) is 249 Å². The molecule has 0 aliphatic carbocycles. The molecule has 8 N–H and O–H groups in total. The predicted octanol–water partition coefficient (Wildman–Crippen LogP) is 6.33. The lowest BCUT2D eigenvalue weighted by Gasteiger charge is -2.40. The molecule has 0 saturated carbocycles. The van der Waals surface area contributed by atoms with Gasteiger partial charge >= 0.3 is 0 Å². The van der Waals surface area contributed by atoms with E-state index in [1.165, 1.54) is 116 Å². The molecule has 1 aliphatic heterocycles. The van der Waals surface area contributed by atoms with E-state index in [4.69, 9.17) is 9.47 Å². The van der Waals surface area contributed by atoms with Crippen molar-refractivity contribution in [2.24, 2.45) is 0 Å². The monoisotopic (exact) mass is 762 g/mol. The lowest BCUT2D eigenvalue weighted by molar-refractivity contribution is -0.303. The number of carbonyl (C=O) groups is 1. The standard InChI is InChI=1S/C42H83NO10/c1-3-5-7-9-11-13-15-16-17-18-19-20-22-24-26-28-30-35(46)41(51)43-33(32-52-42-40(50)39(49)38(48)36(31-44)53-42)37(47)34(45)29-27-25-23-21-14-12-10-8-6-4-2/h33-40,42,44-50H,3-32H2,1-2H3,(H,43,51)/t33-,34-,35-,36-,37+,38-,39+,40-,42-/m1/s1. The summed E-state index contributed by atoms with van der Waals surface area (Å²) in [5, 5.41) is 75.4. The van der Waals surface area contributed by atoms with Crippen LogP contribution in [0.5, 0.6) is 0 Å². The van der Waals surface area contributed by atoms with E-state index in [-0.39, 0.29) is 6.42 Å². The zero-order chi connectivity index (χ0) is 39.1. The van der Waals surface area contributed by atoms with E-state index in [0.717, 1.165) is 38.5 Å². The Hall–Kier alpha value is -0.890. The number of hydrogen-bond donors (Lipinski definition) is 8. The Kier molecular flexibility index (Phi) is 31.5. The Morgan fingerprint density at radius 2 is 0.981 bits per heavy atom. The Balaban J connectivity index is 2.46. The van der Waals surface area contributed by atoms with Crippen LogP contribution in [0.25, 0.3) is 0 Å². The number of hydrogen-bond acceptors (Lipinski definition) is 10. The molecule has 0 aromatic heterocycles. The second-order valence-corrected chi connectivity index (χ2v) is 15.8. The predicted molar refractivity (Wildman–Crippen MR) is 210 cm³/mol. The molecular formula is C42H83NO10. The highest BCUT2D eigenvalue weighted by Gasteiger charge is 2.44. The normalized spacial score (nSPS) is 22.8. The van der Waals surface area contributed by atoms with Crippen LogP contribution in [0.3, 0.4) is 0 Å². The summed E-state index contributed by atoms with van der Waals surface area (Å²) in [4.78, 5) is 13.0. The minimum atomic E-state index is -1.65. The van der Waals surface area contributed by atoms with Crippen LogP contribution in [0.15, 0.2) is 0 Å². The van der Waals surface area contributed by atoms with Gasteiger partial charge in [-0.25, -0.2) is 0 Å². The number of aliphatic hydroxyl groups is 7. The maximum absolute atomic E-state index is 13.0. The molecule has 11 heteroatoms. The second kappa shape index (κ2) is 33.3. The van der Waals surface area contributed by atoms with Gasteiger partial charge in [0.15, 0.2) is 6.29 Å². The molecule has 316 valence electrons. The number of unbranched alkanes of at least 4 members (excludes halogenated alkanes) is 24. The Morgan fingerprint density at radius 1 is 0.585 bits per heavy atom. The molecule has 1 rings (SSSR count). The van der Waals surface area contributed by atoms with Crippen LogP contribution >= 0.6 is 0 Å². The smallest absolute Gasteiger partial charge is 0.249 e. The first kappa shape index (κ1) is 50.1. The number of rotatable bonds is 36. The van der Waals surface area contributed by atoms with Gasteiger partial charge in [0.05, 0.1) is 25.4 Å². The minimum Gasteiger partial charge on any atom is -0.394 e. The van der Waals surface area contributed by atoms with E-state index < -0.39 is 74.2 Å².